The molecule has 0 spiro atoms. The van der Waals surface area contributed by atoms with Crippen molar-refractivity contribution in [1.82, 2.24) is 5.32 Å². The van der Waals surface area contributed by atoms with Crippen LogP contribution in [0, 0.1) is 12.3 Å². The summed E-state index contributed by atoms with van der Waals surface area (Å²) in [6, 6.07) is 0.284. The maximum Gasteiger partial charge on any atom is 0.0693 e. The van der Waals surface area contributed by atoms with E-state index in [1.807, 2.05) is 0 Å². The van der Waals surface area contributed by atoms with E-state index in [9.17, 15) is 5.11 Å². The first-order valence-corrected chi connectivity index (χ1v) is 4.69. The van der Waals surface area contributed by atoms with Crippen molar-refractivity contribution in [1.29, 1.82) is 0 Å². The fourth-order valence-electron chi connectivity index (χ4n) is 1.68. The minimum Gasteiger partial charge on any atom is -0.392 e. The molecule has 0 aliphatic heterocycles. The van der Waals surface area contributed by atoms with Gasteiger partial charge in [-0.1, -0.05) is 12.8 Å². The minimum atomic E-state index is -0.156. The molecule has 1 aliphatic carbocycles. The Balaban J connectivity index is 2.16. The van der Waals surface area contributed by atoms with Crippen LogP contribution in [0.3, 0.4) is 0 Å². The zero-order valence-corrected chi connectivity index (χ0v) is 7.42. The van der Waals surface area contributed by atoms with Gasteiger partial charge < -0.3 is 10.4 Å². The lowest BCUT2D eigenvalue weighted by Crippen LogP contribution is -2.42. The van der Waals surface area contributed by atoms with Gasteiger partial charge in [0.15, 0.2) is 0 Å². The lowest BCUT2D eigenvalue weighted by molar-refractivity contribution is 0.0915. The molecule has 0 amide bonds. The van der Waals surface area contributed by atoms with Gasteiger partial charge in [-0.25, -0.2) is 0 Å². The topological polar surface area (TPSA) is 32.3 Å². The molecule has 0 aromatic carbocycles. The molecule has 0 aromatic rings. The molecule has 68 valence electrons. The summed E-state index contributed by atoms with van der Waals surface area (Å²) in [7, 11) is 0. The van der Waals surface area contributed by atoms with E-state index in [2.05, 4.69) is 11.2 Å². The second-order valence-electron chi connectivity index (χ2n) is 3.37. The van der Waals surface area contributed by atoms with E-state index in [0.29, 0.717) is 0 Å². The third kappa shape index (κ3) is 2.84. The van der Waals surface area contributed by atoms with Gasteiger partial charge in [0.2, 0.25) is 0 Å². The van der Waals surface area contributed by atoms with E-state index in [1.54, 1.807) is 0 Å². The molecule has 2 heteroatoms. The summed E-state index contributed by atoms with van der Waals surface area (Å²) in [5, 5.41) is 12.8. The Hall–Kier alpha value is -0.520. The molecule has 1 aliphatic rings. The SMILES string of the molecule is C#CCCN[C@H]1CCCC[C@@H]1O. The predicted octanol–water partition coefficient (Wildman–Crippen LogP) is 0.903. The van der Waals surface area contributed by atoms with Gasteiger partial charge in [0, 0.05) is 19.0 Å². The highest BCUT2D eigenvalue weighted by Crippen LogP contribution is 2.17. The number of nitrogens with one attached hydrogen (secondary N) is 1. The van der Waals surface area contributed by atoms with Crippen molar-refractivity contribution in [3.05, 3.63) is 0 Å². The summed E-state index contributed by atoms with van der Waals surface area (Å²) in [5.41, 5.74) is 0. The molecule has 0 bridgehead atoms. The molecule has 0 saturated heterocycles. The molecular weight excluding hydrogens is 150 g/mol. The van der Waals surface area contributed by atoms with Gasteiger partial charge in [-0.15, -0.1) is 12.3 Å². The van der Waals surface area contributed by atoms with Crippen LogP contribution in [0.4, 0.5) is 0 Å². The lowest BCUT2D eigenvalue weighted by Gasteiger charge is -2.28. The summed E-state index contributed by atoms with van der Waals surface area (Å²) in [4.78, 5) is 0. The van der Waals surface area contributed by atoms with Crippen molar-refractivity contribution < 1.29 is 5.11 Å². The van der Waals surface area contributed by atoms with E-state index in [4.69, 9.17) is 6.42 Å². The summed E-state index contributed by atoms with van der Waals surface area (Å²) in [6.07, 6.45) is 10.1. The highest BCUT2D eigenvalue weighted by molar-refractivity contribution is 4.86. The highest BCUT2D eigenvalue weighted by Gasteiger charge is 2.21. The monoisotopic (exact) mass is 167 g/mol. The third-order valence-electron chi connectivity index (χ3n) is 2.41. The van der Waals surface area contributed by atoms with E-state index in [0.717, 1.165) is 32.2 Å². The molecule has 12 heavy (non-hydrogen) atoms. The van der Waals surface area contributed by atoms with E-state index >= 15 is 0 Å². The van der Waals surface area contributed by atoms with Gasteiger partial charge in [-0.05, 0) is 12.8 Å². The molecule has 2 nitrogen and oxygen atoms in total. The molecule has 0 aromatic heterocycles. The van der Waals surface area contributed by atoms with Crippen LogP contribution in [-0.4, -0.2) is 23.8 Å². The smallest absolute Gasteiger partial charge is 0.0693 e. The van der Waals surface area contributed by atoms with Crippen LogP contribution < -0.4 is 5.32 Å². The molecule has 2 atom stereocenters. The van der Waals surface area contributed by atoms with Crippen molar-refractivity contribution in [2.45, 2.75) is 44.2 Å². The van der Waals surface area contributed by atoms with Crippen molar-refractivity contribution in [3.63, 3.8) is 0 Å². The number of hydrogen-bond donors (Lipinski definition) is 2. The Morgan fingerprint density at radius 1 is 1.42 bits per heavy atom. The maximum atomic E-state index is 9.55. The predicted molar refractivity (Wildman–Crippen MR) is 49.7 cm³/mol. The van der Waals surface area contributed by atoms with Crippen molar-refractivity contribution >= 4 is 0 Å². The quantitative estimate of drug-likeness (QED) is 0.483. The van der Waals surface area contributed by atoms with Gasteiger partial charge in [-0.2, -0.15) is 0 Å². The van der Waals surface area contributed by atoms with Crippen LogP contribution >= 0.6 is 0 Å². The maximum absolute atomic E-state index is 9.55. The summed E-state index contributed by atoms with van der Waals surface area (Å²) < 4.78 is 0. The van der Waals surface area contributed by atoms with Crippen LogP contribution in [0.25, 0.3) is 0 Å². The van der Waals surface area contributed by atoms with Crippen LogP contribution in [0.5, 0.6) is 0 Å². The molecular formula is C10H17NO. The molecule has 0 heterocycles. The second kappa shape index (κ2) is 5.18. The molecule has 2 N–H and O–H groups in total. The fourth-order valence-corrected chi connectivity index (χ4v) is 1.68. The Bertz CT molecular complexity index is 162. The number of aliphatic hydroxyl groups is 1. The minimum absolute atomic E-state index is 0.156. The first kappa shape index (κ1) is 9.57. The third-order valence-corrected chi connectivity index (χ3v) is 2.41. The fraction of sp³-hybridized carbons (Fsp3) is 0.800. The molecule has 1 rings (SSSR count). The zero-order chi connectivity index (χ0) is 8.81. The average molecular weight is 167 g/mol. The van der Waals surface area contributed by atoms with Crippen LogP contribution in [-0.2, 0) is 0 Å². The zero-order valence-electron chi connectivity index (χ0n) is 7.42. The first-order valence-electron chi connectivity index (χ1n) is 4.69. The Morgan fingerprint density at radius 2 is 2.17 bits per heavy atom. The summed E-state index contributed by atoms with van der Waals surface area (Å²) in [6.45, 7) is 0.832. The van der Waals surface area contributed by atoms with E-state index in [-0.39, 0.29) is 12.1 Å². The molecule has 1 saturated carbocycles. The van der Waals surface area contributed by atoms with Gasteiger partial charge in [-0.3, -0.25) is 0 Å². The number of rotatable bonds is 3. The molecule has 1 fully saturated rings. The van der Waals surface area contributed by atoms with Gasteiger partial charge in [0.05, 0.1) is 6.10 Å². The Morgan fingerprint density at radius 3 is 2.83 bits per heavy atom. The number of aliphatic hydroxyl groups excluding tert-OH is 1. The Labute approximate surface area is 74.4 Å². The molecule has 0 unspecified atom stereocenters. The first-order chi connectivity index (χ1) is 5.84. The number of hydrogen-bond acceptors (Lipinski definition) is 2. The summed E-state index contributed by atoms with van der Waals surface area (Å²) in [5.74, 6) is 2.58. The van der Waals surface area contributed by atoms with Gasteiger partial charge in [0.1, 0.15) is 0 Å². The molecule has 0 radical (unpaired) electrons. The standard InChI is InChI=1S/C10H17NO/c1-2-3-8-11-9-6-4-5-7-10(9)12/h1,9-12H,3-8H2/t9-,10-/m0/s1. The second-order valence-corrected chi connectivity index (χ2v) is 3.37. The van der Waals surface area contributed by atoms with Gasteiger partial charge >= 0.3 is 0 Å². The largest absolute Gasteiger partial charge is 0.392 e. The van der Waals surface area contributed by atoms with Crippen LogP contribution in [0.15, 0.2) is 0 Å². The number of terminal acetylenes is 1. The van der Waals surface area contributed by atoms with Crippen molar-refractivity contribution in [3.8, 4) is 12.3 Å². The average Bonchev–Trinajstić information content (AvgIpc) is 2.09. The van der Waals surface area contributed by atoms with Crippen molar-refractivity contribution in [2.75, 3.05) is 6.54 Å². The normalized spacial score (nSPS) is 29.7. The highest BCUT2D eigenvalue weighted by atomic mass is 16.3. The van der Waals surface area contributed by atoms with Crippen LogP contribution in [0.2, 0.25) is 0 Å². The van der Waals surface area contributed by atoms with E-state index < -0.39 is 0 Å². The summed E-state index contributed by atoms with van der Waals surface area (Å²) >= 11 is 0. The Kier molecular flexibility index (Phi) is 4.13. The van der Waals surface area contributed by atoms with Crippen molar-refractivity contribution in [2.24, 2.45) is 0 Å². The lowest BCUT2D eigenvalue weighted by atomic mass is 9.92. The van der Waals surface area contributed by atoms with Gasteiger partial charge in [0.25, 0.3) is 0 Å². The van der Waals surface area contributed by atoms with Crippen LogP contribution in [0.1, 0.15) is 32.1 Å². The van der Waals surface area contributed by atoms with E-state index in [1.165, 1.54) is 6.42 Å².